The molecule has 1 aliphatic heterocycles. The molecule has 0 radical (unpaired) electrons. The SMILES string of the molecule is CCOC(=O)C1(C(=O)OCC)CC(=O)N(C)c2ccc(C(C)=O)cc21. The van der Waals surface area contributed by atoms with Gasteiger partial charge in [-0.05, 0) is 39.0 Å². The molecule has 0 spiro atoms. The minimum Gasteiger partial charge on any atom is -0.465 e. The highest BCUT2D eigenvalue weighted by Crippen LogP contribution is 2.42. The van der Waals surface area contributed by atoms with Crippen molar-refractivity contribution in [2.45, 2.75) is 32.6 Å². The number of nitrogens with zero attached hydrogens (tertiary/aromatic N) is 1. The second kappa shape index (κ2) is 7.04. The maximum absolute atomic E-state index is 12.8. The van der Waals surface area contributed by atoms with Gasteiger partial charge in [0.25, 0.3) is 0 Å². The van der Waals surface area contributed by atoms with Crippen LogP contribution in [0.15, 0.2) is 18.2 Å². The summed E-state index contributed by atoms with van der Waals surface area (Å²) in [5, 5.41) is 0. The predicted molar refractivity (Wildman–Crippen MR) is 89.4 cm³/mol. The van der Waals surface area contributed by atoms with Gasteiger partial charge in [0, 0.05) is 23.9 Å². The van der Waals surface area contributed by atoms with Gasteiger partial charge in [0.2, 0.25) is 11.3 Å². The van der Waals surface area contributed by atoms with E-state index in [1.165, 1.54) is 17.9 Å². The number of anilines is 1. The number of benzene rings is 1. The second-order valence-electron chi connectivity index (χ2n) is 5.76. The molecule has 0 saturated heterocycles. The van der Waals surface area contributed by atoms with Gasteiger partial charge >= 0.3 is 11.9 Å². The lowest BCUT2D eigenvalue weighted by Crippen LogP contribution is -2.53. The molecule has 0 aromatic heterocycles. The minimum atomic E-state index is -1.91. The molecular weight excluding hydrogens is 326 g/mol. The number of esters is 2. The first-order valence-electron chi connectivity index (χ1n) is 8.06. The minimum absolute atomic E-state index is 0.0474. The van der Waals surface area contributed by atoms with Gasteiger partial charge in [0.05, 0.1) is 19.6 Å². The number of hydrogen-bond acceptors (Lipinski definition) is 6. The van der Waals surface area contributed by atoms with E-state index in [-0.39, 0.29) is 24.6 Å². The molecule has 0 saturated carbocycles. The Morgan fingerprint density at radius 2 is 1.68 bits per heavy atom. The molecule has 7 heteroatoms. The van der Waals surface area contributed by atoms with E-state index in [0.717, 1.165) is 0 Å². The number of ether oxygens (including phenoxy) is 2. The van der Waals surface area contributed by atoms with Crippen molar-refractivity contribution < 1.29 is 28.7 Å². The summed E-state index contributed by atoms with van der Waals surface area (Å²) < 4.78 is 10.2. The summed E-state index contributed by atoms with van der Waals surface area (Å²) in [6.45, 7) is 4.70. The predicted octanol–water partition coefficient (Wildman–Crippen LogP) is 1.62. The Morgan fingerprint density at radius 1 is 1.12 bits per heavy atom. The smallest absolute Gasteiger partial charge is 0.328 e. The van der Waals surface area contributed by atoms with Crippen LogP contribution >= 0.6 is 0 Å². The van der Waals surface area contributed by atoms with E-state index in [4.69, 9.17) is 9.47 Å². The van der Waals surface area contributed by atoms with E-state index >= 15 is 0 Å². The number of hydrogen-bond donors (Lipinski definition) is 0. The van der Waals surface area contributed by atoms with Gasteiger partial charge in [-0.25, -0.2) is 0 Å². The summed E-state index contributed by atoms with van der Waals surface area (Å²) in [6.07, 6.45) is -0.407. The van der Waals surface area contributed by atoms with Crippen LogP contribution in [-0.4, -0.2) is 43.9 Å². The molecule has 25 heavy (non-hydrogen) atoms. The molecule has 1 aromatic carbocycles. The third kappa shape index (κ3) is 3.01. The van der Waals surface area contributed by atoms with E-state index in [1.54, 1.807) is 33.0 Å². The molecule has 7 nitrogen and oxygen atoms in total. The van der Waals surface area contributed by atoms with Crippen LogP contribution in [0, 0.1) is 0 Å². The lowest BCUT2D eigenvalue weighted by Gasteiger charge is -2.38. The summed E-state index contributed by atoms with van der Waals surface area (Å²) >= 11 is 0. The summed E-state index contributed by atoms with van der Waals surface area (Å²) in [7, 11) is 1.55. The highest BCUT2D eigenvalue weighted by Gasteiger charge is 2.56. The van der Waals surface area contributed by atoms with Gasteiger partial charge in [-0.15, -0.1) is 0 Å². The van der Waals surface area contributed by atoms with Gasteiger partial charge < -0.3 is 14.4 Å². The molecule has 0 unspecified atom stereocenters. The van der Waals surface area contributed by atoms with Crippen LogP contribution in [0.3, 0.4) is 0 Å². The third-order valence-electron chi connectivity index (χ3n) is 4.26. The van der Waals surface area contributed by atoms with Gasteiger partial charge in [-0.1, -0.05) is 0 Å². The van der Waals surface area contributed by atoms with Gasteiger partial charge in [-0.2, -0.15) is 0 Å². The summed E-state index contributed by atoms with van der Waals surface area (Å²) in [4.78, 5) is 51.1. The van der Waals surface area contributed by atoms with Crippen molar-refractivity contribution in [1.82, 2.24) is 0 Å². The molecule has 0 aliphatic carbocycles. The third-order valence-corrected chi connectivity index (χ3v) is 4.26. The first-order valence-corrected chi connectivity index (χ1v) is 8.06. The van der Waals surface area contributed by atoms with Crippen LogP contribution in [0.5, 0.6) is 0 Å². The Kier molecular flexibility index (Phi) is 5.25. The number of amides is 1. The Bertz CT molecular complexity index is 721. The number of carbonyl (C=O) groups is 4. The molecule has 0 fully saturated rings. The van der Waals surface area contributed by atoms with Crippen molar-refractivity contribution in [3.63, 3.8) is 0 Å². The number of Topliss-reactive ketones (excluding diaryl/α,β-unsaturated/α-hetero) is 1. The van der Waals surface area contributed by atoms with Crippen LogP contribution in [0.4, 0.5) is 5.69 Å². The monoisotopic (exact) mass is 347 g/mol. The number of ketones is 1. The van der Waals surface area contributed by atoms with Crippen molar-refractivity contribution >= 4 is 29.3 Å². The fourth-order valence-corrected chi connectivity index (χ4v) is 2.92. The molecular formula is C18H21NO6. The number of fused-ring (bicyclic) bond motifs is 1. The Morgan fingerprint density at radius 3 is 2.16 bits per heavy atom. The summed E-state index contributed by atoms with van der Waals surface area (Å²) in [6, 6.07) is 4.57. The fourth-order valence-electron chi connectivity index (χ4n) is 2.92. The average Bonchev–Trinajstić information content (AvgIpc) is 2.57. The van der Waals surface area contributed by atoms with E-state index in [2.05, 4.69) is 0 Å². The van der Waals surface area contributed by atoms with Gasteiger partial charge in [0.15, 0.2) is 5.78 Å². The molecule has 1 heterocycles. The van der Waals surface area contributed by atoms with Crippen LogP contribution in [0.2, 0.25) is 0 Å². The topological polar surface area (TPSA) is 90.0 Å². The maximum Gasteiger partial charge on any atom is 0.328 e. The standard InChI is InChI=1S/C18H21NO6/c1-5-24-16(22)18(17(23)25-6-2)10-15(21)19(4)14-8-7-12(11(3)20)9-13(14)18/h7-9H,5-6,10H2,1-4H3. The molecule has 1 aromatic rings. The first kappa shape index (κ1) is 18.6. The van der Waals surface area contributed by atoms with Crippen LogP contribution in [0.25, 0.3) is 0 Å². The molecule has 2 rings (SSSR count). The van der Waals surface area contributed by atoms with E-state index in [1.807, 2.05) is 0 Å². The molecule has 0 N–H and O–H groups in total. The van der Waals surface area contributed by atoms with Crippen molar-refractivity contribution in [2.75, 3.05) is 25.2 Å². The fraction of sp³-hybridized carbons (Fsp3) is 0.444. The van der Waals surface area contributed by atoms with Crippen LogP contribution in [-0.2, 0) is 29.3 Å². The van der Waals surface area contributed by atoms with Crippen molar-refractivity contribution in [3.8, 4) is 0 Å². The van der Waals surface area contributed by atoms with Crippen molar-refractivity contribution in [3.05, 3.63) is 29.3 Å². The highest BCUT2D eigenvalue weighted by molar-refractivity contribution is 6.15. The quantitative estimate of drug-likeness (QED) is 0.457. The molecule has 1 amide bonds. The zero-order valence-corrected chi connectivity index (χ0v) is 14.8. The lowest BCUT2D eigenvalue weighted by atomic mass is 9.73. The van der Waals surface area contributed by atoms with E-state index < -0.39 is 29.7 Å². The molecule has 1 aliphatic rings. The van der Waals surface area contributed by atoms with Crippen molar-refractivity contribution in [1.29, 1.82) is 0 Å². The first-order chi connectivity index (χ1) is 11.8. The highest BCUT2D eigenvalue weighted by atomic mass is 16.6. The average molecular weight is 347 g/mol. The summed E-state index contributed by atoms with van der Waals surface area (Å²) in [5.74, 6) is -2.33. The van der Waals surface area contributed by atoms with Gasteiger partial charge in [-0.3, -0.25) is 19.2 Å². The molecule has 0 atom stereocenters. The largest absolute Gasteiger partial charge is 0.465 e. The second-order valence-corrected chi connectivity index (χ2v) is 5.76. The molecule has 134 valence electrons. The van der Waals surface area contributed by atoms with E-state index in [0.29, 0.717) is 11.3 Å². The maximum atomic E-state index is 12.8. The summed E-state index contributed by atoms with van der Waals surface area (Å²) in [5.41, 5.74) is -0.947. The lowest BCUT2D eigenvalue weighted by molar-refractivity contribution is -0.167. The normalized spacial score (nSPS) is 15.4. The number of rotatable bonds is 5. The van der Waals surface area contributed by atoms with Crippen LogP contribution < -0.4 is 4.90 Å². The zero-order valence-electron chi connectivity index (χ0n) is 14.8. The Hall–Kier alpha value is -2.70. The van der Waals surface area contributed by atoms with Crippen molar-refractivity contribution in [2.24, 2.45) is 0 Å². The van der Waals surface area contributed by atoms with E-state index in [9.17, 15) is 19.2 Å². The zero-order chi connectivity index (χ0) is 18.8. The molecule has 0 bridgehead atoms. The van der Waals surface area contributed by atoms with Gasteiger partial charge in [0.1, 0.15) is 0 Å². The Balaban J connectivity index is 2.78. The van der Waals surface area contributed by atoms with Crippen LogP contribution in [0.1, 0.15) is 43.1 Å². The Labute approximate surface area is 145 Å². The number of carbonyl (C=O) groups excluding carboxylic acids is 4.